The number of amides is 1. The molecule has 116 valence electrons. The second-order valence-corrected chi connectivity index (χ2v) is 6.37. The molecule has 3 heterocycles. The van der Waals surface area contributed by atoms with Crippen LogP contribution in [0.15, 0.2) is 18.7 Å². The maximum atomic E-state index is 12.3. The van der Waals surface area contributed by atoms with Crippen molar-refractivity contribution in [2.45, 2.75) is 38.6 Å². The number of carbonyl (C=O) groups is 1. The van der Waals surface area contributed by atoms with Crippen LogP contribution in [0.4, 0.5) is 0 Å². The van der Waals surface area contributed by atoms with Crippen LogP contribution < -0.4 is 0 Å². The van der Waals surface area contributed by atoms with Gasteiger partial charge in [0.15, 0.2) is 0 Å². The summed E-state index contributed by atoms with van der Waals surface area (Å²) in [6.45, 7) is 4.48. The highest BCUT2D eigenvalue weighted by atomic mass is 16.5. The first-order valence-electron chi connectivity index (χ1n) is 8.12. The Morgan fingerprint density at radius 3 is 2.76 bits per heavy atom. The summed E-state index contributed by atoms with van der Waals surface area (Å²) in [6.07, 6.45) is 10.8. The van der Waals surface area contributed by atoms with Crippen molar-refractivity contribution in [3.05, 3.63) is 18.7 Å². The highest BCUT2D eigenvalue weighted by Crippen LogP contribution is 2.22. The minimum atomic E-state index is 0.326. The molecule has 5 heteroatoms. The third-order valence-electron chi connectivity index (χ3n) is 4.71. The topological polar surface area (TPSA) is 47.4 Å². The first-order valence-corrected chi connectivity index (χ1v) is 8.12. The Balaban J connectivity index is 1.41. The van der Waals surface area contributed by atoms with Gasteiger partial charge in [-0.3, -0.25) is 4.79 Å². The molecule has 5 nitrogen and oxygen atoms in total. The second kappa shape index (κ2) is 7.07. The maximum absolute atomic E-state index is 12.3. The largest absolute Gasteiger partial charge is 0.381 e. The lowest BCUT2D eigenvalue weighted by atomic mass is 9.94. The fraction of sp³-hybridized carbons (Fsp3) is 0.750. The molecule has 2 aliphatic rings. The van der Waals surface area contributed by atoms with E-state index in [9.17, 15) is 4.79 Å². The molecule has 0 radical (unpaired) electrons. The van der Waals surface area contributed by atoms with Gasteiger partial charge in [0.05, 0.1) is 6.33 Å². The quantitative estimate of drug-likeness (QED) is 0.851. The molecule has 3 rings (SSSR count). The molecule has 1 amide bonds. The Labute approximate surface area is 126 Å². The third kappa shape index (κ3) is 4.06. The average molecular weight is 291 g/mol. The maximum Gasteiger partial charge on any atom is 0.222 e. The monoisotopic (exact) mass is 291 g/mol. The van der Waals surface area contributed by atoms with E-state index in [4.69, 9.17) is 4.74 Å². The minimum absolute atomic E-state index is 0.326. The first-order chi connectivity index (χ1) is 10.3. The molecular weight excluding hydrogens is 266 g/mol. The molecule has 2 aliphatic heterocycles. The zero-order valence-corrected chi connectivity index (χ0v) is 12.6. The number of likely N-dealkylation sites (tertiary alicyclic amines) is 1. The molecule has 0 bridgehead atoms. The average Bonchev–Trinajstić information content (AvgIpc) is 3.02. The second-order valence-electron chi connectivity index (χ2n) is 6.37. The molecule has 1 aromatic heterocycles. The summed E-state index contributed by atoms with van der Waals surface area (Å²) in [5, 5.41) is 0. The van der Waals surface area contributed by atoms with Gasteiger partial charge in [-0.05, 0) is 37.5 Å². The lowest BCUT2D eigenvalue weighted by molar-refractivity contribution is -0.134. The Morgan fingerprint density at radius 2 is 2.10 bits per heavy atom. The number of piperidine rings is 1. The Morgan fingerprint density at radius 1 is 1.24 bits per heavy atom. The van der Waals surface area contributed by atoms with Gasteiger partial charge in [0, 0.05) is 51.7 Å². The molecule has 1 aromatic rings. The van der Waals surface area contributed by atoms with Gasteiger partial charge in [-0.1, -0.05) is 0 Å². The van der Waals surface area contributed by atoms with E-state index in [-0.39, 0.29) is 0 Å². The van der Waals surface area contributed by atoms with Crippen molar-refractivity contribution in [1.29, 1.82) is 0 Å². The lowest BCUT2D eigenvalue weighted by Crippen LogP contribution is -2.40. The molecule has 2 fully saturated rings. The van der Waals surface area contributed by atoms with E-state index in [1.54, 1.807) is 0 Å². The van der Waals surface area contributed by atoms with Crippen LogP contribution in [0.3, 0.4) is 0 Å². The summed E-state index contributed by atoms with van der Waals surface area (Å²) in [6, 6.07) is 0. The van der Waals surface area contributed by atoms with Crippen LogP contribution in [-0.4, -0.2) is 46.7 Å². The molecule has 0 saturated carbocycles. The van der Waals surface area contributed by atoms with Crippen molar-refractivity contribution in [3.63, 3.8) is 0 Å². The predicted octanol–water partition coefficient (Wildman–Crippen LogP) is 1.94. The van der Waals surface area contributed by atoms with Gasteiger partial charge < -0.3 is 14.2 Å². The normalized spacial score (nSPS) is 24.2. The Bertz CT molecular complexity index is 432. The molecule has 2 saturated heterocycles. The van der Waals surface area contributed by atoms with Crippen LogP contribution >= 0.6 is 0 Å². The van der Waals surface area contributed by atoms with E-state index in [1.165, 1.54) is 0 Å². The molecule has 1 atom stereocenters. The summed E-state index contributed by atoms with van der Waals surface area (Å²) >= 11 is 0. The number of ether oxygens (including phenoxy) is 1. The molecule has 0 aromatic carbocycles. The number of rotatable bonds is 4. The predicted molar refractivity (Wildman–Crippen MR) is 79.7 cm³/mol. The van der Waals surface area contributed by atoms with Gasteiger partial charge in [0.2, 0.25) is 5.91 Å². The number of hydrogen-bond acceptors (Lipinski definition) is 3. The molecule has 21 heavy (non-hydrogen) atoms. The van der Waals surface area contributed by atoms with Crippen molar-refractivity contribution in [1.82, 2.24) is 14.5 Å². The molecular formula is C16H25N3O2. The summed E-state index contributed by atoms with van der Waals surface area (Å²) < 4.78 is 7.61. The highest BCUT2D eigenvalue weighted by Gasteiger charge is 2.25. The van der Waals surface area contributed by atoms with E-state index in [0.29, 0.717) is 24.2 Å². The van der Waals surface area contributed by atoms with E-state index >= 15 is 0 Å². The fourth-order valence-electron chi connectivity index (χ4n) is 3.40. The van der Waals surface area contributed by atoms with Crippen molar-refractivity contribution in [3.8, 4) is 0 Å². The van der Waals surface area contributed by atoms with E-state index in [1.807, 2.05) is 18.7 Å². The van der Waals surface area contributed by atoms with Crippen molar-refractivity contribution in [2.24, 2.45) is 11.8 Å². The van der Waals surface area contributed by atoms with Crippen LogP contribution in [0, 0.1) is 11.8 Å². The first kappa shape index (κ1) is 14.6. The summed E-state index contributed by atoms with van der Waals surface area (Å²) in [4.78, 5) is 18.5. The number of carbonyl (C=O) groups excluding carboxylic acids is 1. The van der Waals surface area contributed by atoms with Gasteiger partial charge in [-0.25, -0.2) is 4.98 Å². The van der Waals surface area contributed by atoms with Gasteiger partial charge in [0.1, 0.15) is 0 Å². The number of imidazole rings is 1. The molecule has 0 spiro atoms. The lowest BCUT2D eigenvalue weighted by Gasteiger charge is -2.33. The van der Waals surface area contributed by atoms with Gasteiger partial charge in [-0.2, -0.15) is 0 Å². The molecule has 0 aliphatic carbocycles. The Kier molecular flexibility index (Phi) is 4.91. The molecule has 0 unspecified atom stereocenters. The summed E-state index contributed by atoms with van der Waals surface area (Å²) in [5.74, 6) is 1.43. The van der Waals surface area contributed by atoms with Crippen LogP contribution in [0.1, 0.15) is 32.1 Å². The number of aromatic nitrogens is 2. The summed E-state index contributed by atoms with van der Waals surface area (Å²) in [5.41, 5.74) is 0. The van der Waals surface area contributed by atoms with E-state index < -0.39 is 0 Å². The zero-order valence-electron chi connectivity index (χ0n) is 12.6. The fourth-order valence-corrected chi connectivity index (χ4v) is 3.40. The van der Waals surface area contributed by atoms with Crippen LogP contribution in [-0.2, 0) is 16.1 Å². The zero-order chi connectivity index (χ0) is 14.5. The van der Waals surface area contributed by atoms with Crippen molar-refractivity contribution < 1.29 is 9.53 Å². The van der Waals surface area contributed by atoms with Crippen molar-refractivity contribution in [2.75, 3.05) is 26.3 Å². The summed E-state index contributed by atoms with van der Waals surface area (Å²) in [7, 11) is 0. The van der Waals surface area contributed by atoms with Gasteiger partial charge in [-0.15, -0.1) is 0 Å². The number of hydrogen-bond donors (Lipinski definition) is 0. The highest BCUT2D eigenvalue weighted by molar-refractivity contribution is 5.76. The van der Waals surface area contributed by atoms with Gasteiger partial charge in [0.25, 0.3) is 0 Å². The minimum Gasteiger partial charge on any atom is -0.381 e. The smallest absolute Gasteiger partial charge is 0.222 e. The number of nitrogens with zero attached hydrogens (tertiary/aromatic N) is 3. The standard InChI is InChI=1S/C16H25N3O2/c20-16(10-15-2-1-9-21-12-15)19-6-3-14(4-7-19)11-18-8-5-17-13-18/h5,8,13-15H,1-4,6-7,9-12H2/t15-/m1/s1. The Hall–Kier alpha value is -1.36. The third-order valence-corrected chi connectivity index (χ3v) is 4.71. The van der Waals surface area contributed by atoms with E-state index in [2.05, 4.69) is 14.5 Å². The van der Waals surface area contributed by atoms with Crippen LogP contribution in [0.2, 0.25) is 0 Å². The van der Waals surface area contributed by atoms with Crippen LogP contribution in [0.25, 0.3) is 0 Å². The van der Waals surface area contributed by atoms with Crippen molar-refractivity contribution >= 4 is 5.91 Å². The van der Waals surface area contributed by atoms with Gasteiger partial charge >= 0.3 is 0 Å². The molecule has 0 N–H and O–H groups in total. The van der Waals surface area contributed by atoms with E-state index in [0.717, 1.165) is 58.5 Å². The SMILES string of the molecule is O=C(C[C@H]1CCCOC1)N1CCC(Cn2ccnc2)CC1. The van der Waals surface area contributed by atoms with Crippen LogP contribution in [0.5, 0.6) is 0 Å².